The zero-order valence-corrected chi connectivity index (χ0v) is 9.29. The average molecular weight is 256 g/mol. The summed E-state index contributed by atoms with van der Waals surface area (Å²) >= 11 is 0. The number of aryl methyl sites for hydroxylation is 1. The molecule has 0 aliphatic carbocycles. The van der Waals surface area contributed by atoms with E-state index in [4.69, 9.17) is 0 Å². The summed E-state index contributed by atoms with van der Waals surface area (Å²) in [5, 5.41) is 0. The minimum atomic E-state index is -4.50. The van der Waals surface area contributed by atoms with Gasteiger partial charge in [-0.15, -0.1) is 0 Å². The summed E-state index contributed by atoms with van der Waals surface area (Å²) in [6, 6.07) is 4.66. The second-order valence-corrected chi connectivity index (χ2v) is 3.71. The number of pyridine rings is 2. The number of hydrogen-bond donors (Lipinski definition) is 0. The number of rotatable bonds is 1. The lowest BCUT2D eigenvalue weighted by molar-refractivity contribution is -0.141. The van der Waals surface area contributed by atoms with Crippen LogP contribution in [0.4, 0.5) is 17.6 Å². The summed E-state index contributed by atoms with van der Waals surface area (Å²) in [4.78, 5) is 7.20. The van der Waals surface area contributed by atoms with Crippen molar-refractivity contribution >= 4 is 0 Å². The molecule has 0 atom stereocenters. The van der Waals surface area contributed by atoms with Crippen molar-refractivity contribution in [3.8, 4) is 11.3 Å². The Morgan fingerprint density at radius 2 is 1.78 bits per heavy atom. The molecule has 2 rings (SSSR count). The van der Waals surface area contributed by atoms with E-state index in [1.807, 2.05) is 0 Å². The molecule has 2 aromatic rings. The zero-order valence-electron chi connectivity index (χ0n) is 9.29. The molecule has 0 saturated heterocycles. The van der Waals surface area contributed by atoms with E-state index in [0.29, 0.717) is 5.69 Å². The second-order valence-electron chi connectivity index (χ2n) is 3.71. The van der Waals surface area contributed by atoms with Crippen molar-refractivity contribution in [1.29, 1.82) is 0 Å². The maximum absolute atomic E-state index is 13.5. The Bertz CT molecular complexity index is 561. The first-order valence-corrected chi connectivity index (χ1v) is 5.04. The predicted octanol–water partition coefficient (Wildman–Crippen LogP) is 3.61. The molecule has 2 heterocycles. The summed E-state index contributed by atoms with van der Waals surface area (Å²) in [7, 11) is 0. The zero-order chi connectivity index (χ0) is 13.3. The fourth-order valence-electron chi connectivity index (χ4n) is 1.44. The molecular weight excluding hydrogens is 248 g/mol. The number of halogens is 4. The van der Waals surface area contributed by atoms with Crippen molar-refractivity contribution in [1.82, 2.24) is 9.97 Å². The Labute approximate surface area is 100 Å². The van der Waals surface area contributed by atoms with Crippen molar-refractivity contribution in [2.75, 3.05) is 0 Å². The van der Waals surface area contributed by atoms with Gasteiger partial charge in [0.1, 0.15) is 17.2 Å². The van der Waals surface area contributed by atoms with Crippen LogP contribution in [0.15, 0.2) is 30.5 Å². The molecule has 94 valence electrons. The monoisotopic (exact) mass is 256 g/mol. The van der Waals surface area contributed by atoms with Gasteiger partial charge in [0.15, 0.2) is 0 Å². The molecule has 0 aliphatic rings. The lowest BCUT2D eigenvalue weighted by atomic mass is 10.1. The topological polar surface area (TPSA) is 25.8 Å². The average Bonchev–Trinajstić information content (AvgIpc) is 2.31. The number of alkyl halides is 3. The quantitative estimate of drug-likeness (QED) is 0.728. The lowest BCUT2D eigenvalue weighted by Crippen LogP contribution is -2.07. The Morgan fingerprint density at radius 1 is 1.06 bits per heavy atom. The van der Waals surface area contributed by atoms with Gasteiger partial charge in [-0.05, 0) is 31.2 Å². The third kappa shape index (κ3) is 2.47. The molecule has 0 fully saturated rings. The van der Waals surface area contributed by atoms with Crippen LogP contribution in [-0.4, -0.2) is 9.97 Å². The third-order valence-corrected chi connectivity index (χ3v) is 2.31. The maximum atomic E-state index is 13.5. The van der Waals surface area contributed by atoms with Gasteiger partial charge in [0.2, 0.25) is 0 Å². The van der Waals surface area contributed by atoms with E-state index >= 15 is 0 Å². The first-order valence-electron chi connectivity index (χ1n) is 5.04. The highest BCUT2D eigenvalue weighted by atomic mass is 19.4. The first-order chi connectivity index (χ1) is 8.38. The molecular formula is C12H8F4N2. The number of nitrogens with zero attached hydrogens (tertiary/aromatic N) is 2. The van der Waals surface area contributed by atoms with E-state index in [9.17, 15) is 17.6 Å². The molecule has 0 amide bonds. The Balaban J connectivity index is 2.43. The van der Waals surface area contributed by atoms with Crippen LogP contribution in [0, 0.1) is 12.7 Å². The van der Waals surface area contributed by atoms with Gasteiger partial charge in [-0.3, -0.25) is 4.98 Å². The molecule has 0 saturated carbocycles. The normalized spacial score (nSPS) is 11.6. The standard InChI is InChI=1S/C12H8F4N2/c1-7-2-4-9(13)11(18-7)8-3-5-10(17-6-8)12(14,15)16/h2-6H,1H3. The van der Waals surface area contributed by atoms with Crippen LogP contribution in [-0.2, 0) is 6.18 Å². The molecule has 0 spiro atoms. The molecule has 0 radical (unpaired) electrons. The lowest BCUT2D eigenvalue weighted by Gasteiger charge is -2.07. The largest absolute Gasteiger partial charge is 0.433 e. The van der Waals surface area contributed by atoms with Gasteiger partial charge in [0.05, 0.1) is 0 Å². The van der Waals surface area contributed by atoms with E-state index in [1.165, 1.54) is 12.1 Å². The van der Waals surface area contributed by atoms with Crippen molar-refractivity contribution in [3.05, 3.63) is 47.7 Å². The van der Waals surface area contributed by atoms with Crippen molar-refractivity contribution < 1.29 is 17.6 Å². The Hall–Kier alpha value is -1.98. The number of hydrogen-bond acceptors (Lipinski definition) is 2. The van der Waals surface area contributed by atoms with Crippen LogP contribution in [0.3, 0.4) is 0 Å². The maximum Gasteiger partial charge on any atom is 0.433 e. The molecule has 0 aliphatic heterocycles. The molecule has 2 aromatic heterocycles. The minimum absolute atomic E-state index is 0.00350. The van der Waals surface area contributed by atoms with Gasteiger partial charge in [-0.2, -0.15) is 13.2 Å². The van der Waals surface area contributed by atoms with Gasteiger partial charge < -0.3 is 0 Å². The van der Waals surface area contributed by atoms with Crippen molar-refractivity contribution in [2.24, 2.45) is 0 Å². The van der Waals surface area contributed by atoms with Gasteiger partial charge >= 0.3 is 6.18 Å². The van der Waals surface area contributed by atoms with Crippen LogP contribution in [0.2, 0.25) is 0 Å². The van der Waals surface area contributed by atoms with E-state index in [2.05, 4.69) is 9.97 Å². The fourth-order valence-corrected chi connectivity index (χ4v) is 1.44. The highest BCUT2D eigenvalue weighted by Crippen LogP contribution is 2.29. The first kappa shape index (κ1) is 12.5. The second kappa shape index (κ2) is 4.36. The Kier molecular flexibility index (Phi) is 3.02. The Morgan fingerprint density at radius 3 is 2.33 bits per heavy atom. The van der Waals surface area contributed by atoms with Crippen LogP contribution >= 0.6 is 0 Å². The molecule has 6 heteroatoms. The van der Waals surface area contributed by atoms with Gasteiger partial charge in [0.25, 0.3) is 0 Å². The van der Waals surface area contributed by atoms with Crippen molar-refractivity contribution in [2.45, 2.75) is 13.1 Å². The van der Waals surface area contributed by atoms with Gasteiger partial charge in [0, 0.05) is 17.5 Å². The summed E-state index contributed by atoms with van der Waals surface area (Å²) in [5.41, 5.74) is -0.231. The van der Waals surface area contributed by atoms with Gasteiger partial charge in [-0.25, -0.2) is 9.37 Å². The predicted molar refractivity (Wildman–Crippen MR) is 57.2 cm³/mol. The molecule has 2 nitrogen and oxygen atoms in total. The fraction of sp³-hybridized carbons (Fsp3) is 0.167. The van der Waals surface area contributed by atoms with Crippen molar-refractivity contribution in [3.63, 3.8) is 0 Å². The summed E-state index contributed by atoms with van der Waals surface area (Å²) in [6.45, 7) is 1.67. The summed E-state index contributed by atoms with van der Waals surface area (Å²) in [6.07, 6.45) is -3.54. The highest BCUT2D eigenvalue weighted by Gasteiger charge is 2.32. The highest BCUT2D eigenvalue weighted by molar-refractivity contribution is 5.58. The van der Waals surface area contributed by atoms with Crippen LogP contribution in [0.25, 0.3) is 11.3 Å². The molecule has 0 bridgehead atoms. The van der Waals surface area contributed by atoms with Crippen LogP contribution in [0.5, 0.6) is 0 Å². The van der Waals surface area contributed by atoms with E-state index in [0.717, 1.165) is 18.3 Å². The molecule has 0 N–H and O–H groups in total. The van der Waals surface area contributed by atoms with Crippen LogP contribution < -0.4 is 0 Å². The minimum Gasteiger partial charge on any atom is -0.251 e. The van der Waals surface area contributed by atoms with E-state index in [-0.39, 0.29) is 11.3 Å². The summed E-state index contributed by atoms with van der Waals surface area (Å²) in [5.74, 6) is -0.595. The summed E-state index contributed by atoms with van der Waals surface area (Å²) < 4.78 is 50.4. The third-order valence-electron chi connectivity index (χ3n) is 2.31. The molecule has 0 aromatic carbocycles. The number of aromatic nitrogens is 2. The van der Waals surface area contributed by atoms with Gasteiger partial charge in [-0.1, -0.05) is 0 Å². The molecule has 0 unspecified atom stereocenters. The van der Waals surface area contributed by atoms with Crippen LogP contribution in [0.1, 0.15) is 11.4 Å². The van der Waals surface area contributed by atoms with E-state index < -0.39 is 17.7 Å². The van der Waals surface area contributed by atoms with E-state index in [1.54, 1.807) is 6.92 Å². The smallest absolute Gasteiger partial charge is 0.251 e. The SMILES string of the molecule is Cc1ccc(F)c(-c2ccc(C(F)(F)F)nc2)n1. The molecule has 18 heavy (non-hydrogen) atoms.